The molecule has 3 rings (SSSR count). The van der Waals surface area contributed by atoms with E-state index in [1.54, 1.807) is 39.5 Å². The van der Waals surface area contributed by atoms with Gasteiger partial charge in [-0.3, -0.25) is 4.79 Å². The summed E-state index contributed by atoms with van der Waals surface area (Å²) >= 11 is 0. The van der Waals surface area contributed by atoms with Gasteiger partial charge in [0.25, 0.3) is 0 Å². The highest BCUT2D eigenvalue weighted by Gasteiger charge is 2.34. The monoisotopic (exact) mass is 397 g/mol. The van der Waals surface area contributed by atoms with E-state index in [0.29, 0.717) is 17.9 Å². The summed E-state index contributed by atoms with van der Waals surface area (Å²) < 4.78 is 15.8. The Morgan fingerprint density at radius 2 is 1.90 bits per heavy atom. The maximum Gasteiger partial charge on any atom is 0.244 e. The van der Waals surface area contributed by atoms with Gasteiger partial charge in [0.15, 0.2) is 11.5 Å². The SMILES string of the molecule is COc1ccc2c(c1)CCCC2(O)CNC(=O)/C=C/c1ccc(OC)c(OC)c1. The molecule has 0 heterocycles. The number of methoxy groups -OCH3 is 3. The van der Waals surface area contributed by atoms with Gasteiger partial charge in [-0.05, 0) is 66.3 Å². The van der Waals surface area contributed by atoms with Gasteiger partial charge in [-0.25, -0.2) is 0 Å². The molecule has 0 aliphatic heterocycles. The minimum absolute atomic E-state index is 0.154. The van der Waals surface area contributed by atoms with Gasteiger partial charge in [0.2, 0.25) is 5.91 Å². The smallest absolute Gasteiger partial charge is 0.244 e. The highest BCUT2D eigenvalue weighted by atomic mass is 16.5. The third kappa shape index (κ3) is 4.71. The van der Waals surface area contributed by atoms with Crippen molar-refractivity contribution in [3.05, 3.63) is 59.2 Å². The Balaban J connectivity index is 1.66. The molecular weight excluding hydrogens is 370 g/mol. The molecule has 1 atom stereocenters. The number of ether oxygens (including phenoxy) is 3. The quantitative estimate of drug-likeness (QED) is 0.702. The molecule has 1 amide bonds. The highest BCUT2D eigenvalue weighted by molar-refractivity contribution is 5.91. The molecule has 0 bridgehead atoms. The van der Waals surface area contributed by atoms with Gasteiger partial charge in [-0.1, -0.05) is 12.1 Å². The predicted octanol–water partition coefficient (Wildman–Crippen LogP) is 3.07. The first-order valence-electron chi connectivity index (χ1n) is 9.57. The maximum atomic E-state index is 12.3. The van der Waals surface area contributed by atoms with Crippen LogP contribution in [-0.4, -0.2) is 38.9 Å². The van der Waals surface area contributed by atoms with Crippen LogP contribution in [0.3, 0.4) is 0 Å². The van der Waals surface area contributed by atoms with Crippen LogP contribution in [0.2, 0.25) is 0 Å². The van der Waals surface area contributed by atoms with E-state index < -0.39 is 5.60 Å². The van der Waals surface area contributed by atoms with Crippen LogP contribution >= 0.6 is 0 Å². The Labute approximate surface area is 171 Å². The molecule has 0 saturated heterocycles. The van der Waals surface area contributed by atoms with Crippen molar-refractivity contribution in [1.82, 2.24) is 5.32 Å². The maximum absolute atomic E-state index is 12.3. The zero-order chi connectivity index (χ0) is 20.9. The minimum Gasteiger partial charge on any atom is -0.497 e. The fraction of sp³-hybridized carbons (Fsp3) is 0.348. The average Bonchev–Trinajstić information content (AvgIpc) is 2.75. The summed E-state index contributed by atoms with van der Waals surface area (Å²) in [5.74, 6) is 1.73. The second-order valence-corrected chi connectivity index (χ2v) is 7.07. The molecule has 2 N–H and O–H groups in total. The van der Waals surface area contributed by atoms with Gasteiger partial charge < -0.3 is 24.6 Å². The van der Waals surface area contributed by atoms with E-state index in [1.807, 2.05) is 24.3 Å². The number of benzene rings is 2. The summed E-state index contributed by atoms with van der Waals surface area (Å²) in [7, 11) is 4.77. The first-order valence-corrected chi connectivity index (χ1v) is 9.57. The van der Waals surface area contributed by atoms with Crippen LogP contribution in [0.25, 0.3) is 6.08 Å². The van der Waals surface area contributed by atoms with Gasteiger partial charge >= 0.3 is 0 Å². The number of carbonyl (C=O) groups is 1. The van der Waals surface area contributed by atoms with Crippen molar-refractivity contribution < 1.29 is 24.1 Å². The molecule has 6 heteroatoms. The minimum atomic E-state index is -1.08. The number of aliphatic hydroxyl groups is 1. The fourth-order valence-corrected chi connectivity index (χ4v) is 3.67. The van der Waals surface area contributed by atoms with Gasteiger partial charge in [0.05, 0.1) is 27.9 Å². The number of aryl methyl sites for hydroxylation is 1. The largest absolute Gasteiger partial charge is 0.497 e. The van der Waals surface area contributed by atoms with E-state index in [4.69, 9.17) is 14.2 Å². The van der Waals surface area contributed by atoms with E-state index >= 15 is 0 Å². The third-order valence-corrected chi connectivity index (χ3v) is 5.24. The summed E-state index contributed by atoms with van der Waals surface area (Å²) in [6, 6.07) is 11.1. The molecule has 154 valence electrons. The summed E-state index contributed by atoms with van der Waals surface area (Å²) in [4.78, 5) is 12.3. The summed E-state index contributed by atoms with van der Waals surface area (Å²) in [5.41, 5.74) is 1.65. The molecule has 0 aromatic heterocycles. The first-order chi connectivity index (χ1) is 14.0. The lowest BCUT2D eigenvalue weighted by Crippen LogP contribution is -2.42. The van der Waals surface area contributed by atoms with E-state index in [-0.39, 0.29) is 12.5 Å². The number of fused-ring (bicyclic) bond motifs is 1. The highest BCUT2D eigenvalue weighted by Crippen LogP contribution is 2.36. The second kappa shape index (κ2) is 9.01. The molecule has 1 aliphatic carbocycles. The summed E-state index contributed by atoms with van der Waals surface area (Å²) in [5, 5.41) is 14.0. The Kier molecular flexibility index (Phi) is 6.44. The van der Waals surface area contributed by atoms with Crippen LogP contribution in [-0.2, 0) is 16.8 Å². The van der Waals surface area contributed by atoms with Crippen molar-refractivity contribution >= 4 is 12.0 Å². The number of amides is 1. The summed E-state index contributed by atoms with van der Waals surface area (Å²) in [6.45, 7) is 0.154. The standard InChI is InChI=1S/C23H27NO5/c1-27-18-8-9-19-17(14-18)5-4-12-23(19,26)15-24-22(25)11-7-16-6-10-20(28-2)21(13-16)29-3/h6-11,13-14,26H,4-5,12,15H2,1-3H3,(H,24,25)/b11-7+. The molecule has 0 spiro atoms. The first kappa shape index (κ1) is 20.7. The molecule has 2 aromatic carbocycles. The van der Waals surface area contributed by atoms with Crippen LogP contribution in [0.5, 0.6) is 17.2 Å². The second-order valence-electron chi connectivity index (χ2n) is 7.07. The normalized spacial score (nSPS) is 18.2. The number of hydrogen-bond donors (Lipinski definition) is 2. The Hall–Kier alpha value is -2.99. The van der Waals surface area contributed by atoms with Gasteiger partial charge in [0.1, 0.15) is 11.4 Å². The van der Waals surface area contributed by atoms with E-state index in [2.05, 4.69) is 5.32 Å². The Morgan fingerprint density at radius 1 is 1.10 bits per heavy atom. The predicted molar refractivity (Wildman–Crippen MR) is 111 cm³/mol. The van der Waals surface area contributed by atoms with Crippen molar-refractivity contribution in [2.24, 2.45) is 0 Å². The van der Waals surface area contributed by atoms with Crippen molar-refractivity contribution in [3.63, 3.8) is 0 Å². The van der Waals surface area contributed by atoms with E-state index in [1.165, 1.54) is 6.08 Å². The zero-order valence-electron chi connectivity index (χ0n) is 17.0. The number of rotatable bonds is 7. The van der Waals surface area contributed by atoms with Crippen molar-refractivity contribution in [2.45, 2.75) is 24.9 Å². The number of nitrogens with one attached hydrogen (secondary N) is 1. The van der Waals surface area contributed by atoms with Gasteiger partial charge in [0, 0.05) is 6.08 Å². The van der Waals surface area contributed by atoms with Crippen LogP contribution in [0.1, 0.15) is 29.5 Å². The molecular formula is C23H27NO5. The van der Waals surface area contributed by atoms with Crippen LogP contribution in [0.4, 0.5) is 0 Å². The lowest BCUT2D eigenvalue weighted by Gasteiger charge is -2.34. The van der Waals surface area contributed by atoms with Crippen LogP contribution < -0.4 is 19.5 Å². The number of hydrogen-bond acceptors (Lipinski definition) is 5. The van der Waals surface area contributed by atoms with Crippen molar-refractivity contribution in [3.8, 4) is 17.2 Å². The molecule has 0 fully saturated rings. The van der Waals surface area contributed by atoms with Crippen LogP contribution in [0.15, 0.2) is 42.5 Å². The number of carbonyl (C=O) groups excluding carboxylic acids is 1. The molecule has 1 unspecified atom stereocenters. The molecule has 29 heavy (non-hydrogen) atoms. The lowest BCUT2D eigenvalue weighted by atomic mass is 9.79. The zero-order valence-corrected chi connectivity index (χ0v) is 17.0. The third-order valence-electron chi connectivity index (χ3n) is 5.24. The van der Waals surface area contributed by atoms with E-state index in [0.717, 1.165) is 35.3 Å². The van der Waals surface area contributed by atoms with Gasteiger partial charge in [-0.2, -0.15) is 0 Å². The fourth-order valence-electron chi connectivity index (χ4n) is 3.67. The Bertz CT molecular complexity index is 908. The van der Waals surface area contributed by atoms with Crippen LogP contribution in [0, 0.1) is 0 Å². The van der Waals surface area contributed by atoms with Crippen molar-refractivity contribution in [1.29, 1.82) is 0 Å². The van der Waals surface area contributed by atoms with Crippen molar-refractivity contribution in [2.75, 3.05) is 27.9 Å². The molecule has 0 saturated carbocycles. The summed E-state index contributed by atoms with van der Waals surface area (Å²) in [6.07, 6.45) is 5.49. The molecule has 0 radical (unpaired) electrons. The topological polar surface area (TPSA) is 77.0 Å². The molecule has 6 nitrogen and oxygen atoms in total. The molecule has 2 aromatic rings. The lowest BCUT2D eigenvalue weighted by molar-refractivity contribution is -0.118. The average molecular weight is 397 g/mol. The Morgan fingerprint density at radius 3 is 2.62 bits per heavy atom. The molecule has 1 aliphatic rings. The van der Waals surface area contributed by atoms with Gasteiger partial charge in [-0.15, -0.1) is 0 Å². The van der Waals surface area contributed by atoms with E-state index in [9.17, 15) is 9.90 Å².